The molecule has 0 aliphatic carbocycles. The lowest BCUT2D eigenvalue weighted by Crippen LogP contribution is -2.74. The van der Waals surface area contributed by atoms with E-state index in [0.29, 0.717) is 0 Å². The molecule has 546 valence electrons. The summed E-state index contributed by atoms with van der Waals surface area (Å²) in [7, 11) is 0. The molecule has 0 fully saturated rings. The van der Waals surface area contributed by atoms with E-state index in [1.54, 1.807) is 0 Å². The van der Waals surface area contributed by atoms with Crippen molar-refractivity contribution in [1.82, 2.24) is 13.7 Å². The molecule has 1 heterocycles. The van der Waals surface area contributed by atoms with Crippen molar-refractivity contribution in [3.05, 3.63) is 67.9 Å². The number of allylic oxidation sites excluding steroid dienone is 6. The standard InChI is InChI=1S/C36H12F51N3O3/c37-13(38,16(43,44)19(49,50)22(55,56)25(61,62)28(67,68)31(73,74)34(79,80)81)4-1-7-88-10(91)89(8-2-5-14(39,40)17(45,46)20(51,52)23(57,58)26(63,64)29(69,70)32(75,76)35(82,83)84)12(93)90(11(88)92)9-3-6-15(41,42)18(47,48)21(53,54)24(59,60)27(65,66)30(71,72)33(77,78)36(85,86)87/h1-6H,7-9H2/b4-1+,5-2+,6-3+. The summed E-state index contributed by atoms with van der Waals surface area (Å²) in [4.78, 5) is 38.8. The third kappa shape index (κ3) is 11.7. The second-order valence-corrected chi connectivity index (χ2v) is 17.6. The predicted molar refractivity (Wildman–Crippen MR) is 189 cm³/mol. The molecule has 0 amide bonds. The molecule has 0 aliphatic rings. The number of alkyl halides is 51. The van der Waals surface area contributed by atoms with E-state index in [9.17, 15) is 238 Å². The van der Waals surface area contributed by atoms with Gasteiger partial charge in [0.15, 0.2) is 0 Å². The second-order valence-electron chi connectivity index (χ2n) is 17.6. The summed E-state index contributed by atoms with van der Waals surface area (Å²) in [5.41, 5.74) is -10.2. The molecule has 0 N–H and O–H groups in total. The van der Waals surface area contributed by atoms with Crippen LogP contribution in [0.25, 0.3) is 0 Å². The van der Waals surface area contributed by atoms with E-state index >= 15 is 0 Å². The van der Waals surface area contributed by atoms with Crippen LogP contribution in [0.3, 0.4) is 0 Å². The van der Waals surface area contributed by atoms with Crippen molar-refractivity contribution in [3.8, 4) is 0 Å². The van der Waals surface area contributed by atoms with Crippen LogP contribution < -0.4 is 17.1 Å². The van der Waals surface area contributed by atoms with Crippen LogP contribution in [0.2, 0.25) is 0 Å². The van der Waals surface area contributed by atoms with Gasteiger partial charge in [0.25, 0.3) is 0 Å². The van der Waals surface area contributed by atoms with E-state index < -0.39 is 230 Å². The SMILES string of the molecule is O=c1n(C/C=C/C(F)(F)C(F)(F)C(F)(F)C(F)(F)C(F)(F)C(F)(F)C(F)(F)C(F)(F)F)c(=O)n(C/C=C/C(F)(F)C(F)(F)C(F)(F)C(F)(F)C(F)(F)C(F)(F)C(F)(F)C(F)(F)F)c(=O)n1C/C=C/C(F)(F)C(F)(F)C(F)(F)C(F)(F)C(F)(F)C(F)(F)C(F)(F)C(F)(F)F. The van der Waals surface area contributed by atoms with Crippen molar-refractivity contribution < 1.29 is 224 Å². The molecule has 1 rings (SSSR count). The van der Waals surface area contributed by atoms with Gasteiger partial charge in [0.05, 0.1) is 19.6 Å². The van der Waals surface area contributed by atoms with Crippen molar-refractivity contribution in [2.75, 3.05) is 0 Å². The molecule has 0 aliphatic heterocycles. The average molecular weight is 1500 g/mol. The number of hydrogen-bond acceptors (Lipinski definition) is 3. The Morgan fingerprint density at radius 3 is 0.409 bits per heavy atom. The van der Waals surface area contributed by atoms with Crippen molar-refractivity contribution >= 4 is 0 Å². The molecule has 0 saturated heterocycles. The summed E-state index contributed by atoms with van der Waals surface area (Å²) in [5.74, 6) is -188. The number of halogens is 51. The van der Waals surface area contributed by atoms with Gasteiger partial charge in [0.1, 0.15) is 0 Å². The lowest BCUT2D eigenvalue weighted by atomic mass is 9.89. The maximum Gasteiger partial charge on any atom is 0.460 e. The summed E-state index contributed by atoms with van der Waals surface area (Å²) < 4.78 is 692. The highest BCUT2D eigenvalue weighted by molar-refractivity contribution is 5.21. The molecule has 0 bridgehead atoms. The molecule has 0 saturated carbocycles. The Kier molecular flexibility index (Phi) is 20.9. The van der Waals surface area contributed by atoms with Crippen molar-refractivity contribution in [1.29, 1.82) is 0 Å². The van der Waals surface area contributed by atoms with Gasteiger partial charge in [-0.3, -0.25) is 0 Å². The predicted octanol–water partition coefficient (Wildman–Crippen LogP) is 15.9. The minimum absolute atomic E-state index is 1.60. The number of hydrogen-bond donors (Lipinski definition) is 0. The molecule has 0 radical (unpaired) electrons. The molecule has 0 spiro atoms. The van der Waals surface area contributed by atoms with Gasteiger partial charge in [0.2, 0.25) is 0 Å². The van der Waals surface area contributed by atoms with E-state index in [1.165, 1.54) is 0 Å². The van der Waals surface area contributed by atoms with E-state index in [0.717, 1.165) is 0 Å². The van der Waals surface area contributed by atoms with Gasteiger partial charge in [-0.05, 0) is 18.2 Å². The highest BCUT2D eigenvalue weighted by Gasteiger charge is 2.98. The fraction of sp³-hybridized carbons (Fsp3) is 0.750. The molecule has 6 nitrogen and oxygen atoms in total. The topological polar surface area (TPSA) is 66.0 Å². The van der Waals surface area contributed by atoms with Gasteiger partial charge in [-0.2, -0.15) is 224 Å². The lowest BCUT2D eigenvalue weighted by molar-refractivity contribution is -0.459. The number of rotatable bonds is 27. The highest BCUT2D eigenvalue weighted by Crippen LogP contribution is 2.68. The van der Waals surface area contributed by atoms with E-state index in [4.69, 9.17) is 0 Å². The fourth-order valence-corrected chi connectivity index (χ4v) is 5.91. The second kappa shape index (κ2) is 22.9. The minimum atomic E-state index is -9.42. The summed E-state index contributed by atoms with van der Waals surface area (Å²) in [5, 5.41) is 0. The Bertz CT molecular complexity index is 2790. The smallest absolute Gasteiger partial charge is 0.247 e. The zero-order valence-electron chi connectivity index (χ0n) is 40.9. The van der Waals surface area contributed by atoms with Crippen LogP contribution >= 0.6 is 0 Å². The average Bonchev–Trinajstić information content (AvgIpc) is 0.709. The Labute approximate surface area is 469 Å². The van der Waals surface area contributed by atoms with Crippen molar-refractivity contribution in [2.24, 2.45) is 0 Å². The van der Waals surface area contributed by atoms with Gasteiger partial charge >= 0.3 is 160 Å². The van der Waals surface area contributed by atoms with Gasteiger partial charge < -0.3 is 0 Å². The molecule has 0 aromatic carbocycles. The fourth-order valence-electron chi connectivity index (χ4n) is 5.91. The van der Waals surface area contributed by atoms with Gasteiger partial charge in [-0.25, -0.2) is 28.1 Å². The number of nitrogens with zero attached hydrogens (tertiary/aromatic N) is 3. The summed E-state index contributed by atoms with van der Waals surface area (Å²) >= 11 is 0. The first kappa shape index (κ1) is 85.1. The summed E-state index contributed by atoms with van der Waals surface area (Å²) in [6.45, 7) is -9.39. The zero-order valence-corrected chi connectivity index (χ0v) is 40.9. The third-order valence-corrected chi connectivity index (χ3v) is 11.5. The van der Waals surface area contributed by atoms with Crippen LogP contribution in [0.4, 0.5) is 224 Å². The Balaban J connectivity index is 4.49. The minimum Gasteiger partial charge on any atom is -0.247 e. The molecule has 1 aromatic heterocycles. The first-order valence-corrected chi connectivity index (χ1v) is 20.9. The van der Waals surface area contributed by atoms with Crippen LogP contribution in [-0.2, 0) is 19.6 Å². The zero-order chi connectivity index (χ0) is 75.8. The van der Waals surface area contributed by atoms with Crippen LogP contribution in [-0.4, -0.2) is 157 Å². The molecule has 93 heavy (non-hydrogen) atoms. The Morgan fingerprint density at radius 2 is 0.290 bits per heavy atom. The van der Waals surface area contributed by atoms with Gasteiger partial charge in [-0.1, -0.05) is 18.2 Å². The Hall–Kier alpha value is -5.94. The summed E-state index contributed by atoms with van der Waals surface area (Å²) in [6, 6.07) is 0. The molecule has 1 aromatic rings. The molecular formula is C36H12F51N3O3. The van der Waals surface area contributed by atoms with Crippen LogP contribution in [0.5, 0.6) is 0 Å². The van der Waals surface area contributed by atoms with Gasteiger partial charge in [0, 0.05) is 0 Å². The van der Waals surface area contributed by atoms with Crippen LogP contribution in [0.1, 0.15) is 0 Å². The quantitative estimate of drug-likeness (QED) is 0.0651. The Morgan fingerprint density at radius 1 is 0.183 bits per heavy atom. The molecule has 57 heteroatoms. The van der Waals surface area contributed by atoms with E-state index in [1.807, 2.05) is 0 Å². The highest BCUT2D eigenvalue weighted by atomic mass is 19.5. The lowest BCUT2D eigenvalue weighted by Gasteiger charge is -2.42. The first-order chi connectivity index (χ1) is 39.8. The maximum absolute atomic E-state index is 14.5. The van der Waals surface area contributed by atoms with Crippen LogP contribution in [0, 0.1) is 0 Å². The van der Waals surface area contributed by atoms with Crippen molar-refractivity contribution in [2.45, 2.75) is 163 Å². The first-order valence-electron chi connectivity index (χ1n) is 20.9. The molecule has 0 atom stereocenters. The summed E-state index contributed by atoms with van der Waals surface area (Å²) in [6.07, 6.45) is -37.1. The van der Waals surface area contributed by atoms with E-state index in [2.05, 4.69) is 0 Å². The largest absolute Gasteiger partial charge is 0.460 e. The monoisotopic (exact) mass is 1500 g/mol. The molecule has 0 unspecified atom stereocenters. The third-order valence-electron chi connectivity index (χ3n) is 11.5. The van der Waals surface area contributed by atoms with Crippen molar-refractivity contribution in [3.63, 3.8) is 0 Å². The van der Waals surface area contributed by atoms with Gasteiger partial charge in [-0.15, -0.1) is 0 Å². The molecular weight excluding hydrogens is 1490 g/mol. The maximum atomic E-state index is 14.5. The van der Waals surface area contributed by atoms with Crippen LogP contribution in [0.15, 0.2) is 50.8 Å². The number of aromatic nitrogens is 3. The normalized spacial score (nSPS) is 16.7. The van der Waals surface area contributed by atoms with E-state index in [-0.39, 0.29) is 0 Å².